The predicted molar refractivity (Wildman–Crippen MR) is 75.1 cm³/mol. The van der Waals surface area contributed by atoms with Crippen LogP contribution in [-0.2, 0) is 11.3 Å². The minimum atomic E-state index is 0.0713. The molecule has 1 aromatic carbocycles. The fraction of sp³-hybridized carbons (Fsp3) is 0.200. The van der Waals surface area contributed by atoms with Crippen LogP contribution in [0.15, 0.2) is 42.5 Å². The highest BCUT2D eigenvalue weighted by Crippen LogP contribution is 2.29. The summed E-state index contributed by atoms with van der Waals surface area (Å²) in [6.45, 7) is 2.80. The van der Waals surface area contributed by atoms with E-state index in [1.807, 2.05) is 49.4 Å². The Morgan fingerprint density at radius 1 is 1.21 bits per heavy atom. The maximum Gasteiger partial charge on any atom is 0.246 e. The van der Waals surface area contributed by atoms with Gasteiger partial charge in [0, 0.05) is 5.69 Å². The molecule has 4 heteroatoms. The van der Waals surface area contributed by atoms with Crippen LogP contribution < -0.4 is 10.2 Å². The maximum atomic E-state index is 12.1. The molecule has 0 bridgehead atoms. The molecule has 1 amide bonds. The average Bonchev–Trinajstić information content (AvgIpc) is 2.42. The van der Waals surface area contributed by atoms with Crippen LogP contribution in [0.25, 0.3) is 0 Å². The molecule has 0 unspecified atom stereocenters. The first kappa shape index (κ1) is 11.7. The highest BCUT2D eigenvalue weighted by molar-refractivity contribution is 6.02. The molecule has 1 aromatic heterocycles. The molecular weight excluding hydrogens is 238 g/mol. The van der Waals surface area contributed by atoms with Crippen molar-refractivity contribution >= 4 is 17.3 Å². The molecule has 96 valence electrons. The van der Waals surface area contributed by atoms with E-state index in [9.17, 15) is 4.79 Å². The van der Waals surface area contributed by atoms with Crippen LogP contribution >= 0.6 is 0 Å². The second-order valence-corrected chi connectivity index (χ2v) is 4.62. The Morgan fingerprint density at radius 3 is 2.89 bits per heavy atom. The number of carbonyl (C=O) groups excluding carboxylic acids is 1. The predicted octanol–water partition coefficient (Wildman–Crippen LogP) is 2.35. The number of rotatable bonds is 2. The largest absolute Gasteiger partial charge is 0.374 e. The molecule has 19 heavy (non-hydrogen) atoms. The van der Waals surface area contributed by atoms with E-state index in [1.54, 1.807) is 4.90 Å². The fourth-order valence-electron chi connectivity index (χ4n) is 2.28. The summed E-state index contributed by atoms with van der Waals surface area (Å²) in [7, 11) is 0. The lowest BCUT2D eigenvalue weighted by Crippen LogP contribution is -2.39. The van der Waals surface area contributed by atoms with Gasteiger partial charge in [0.25, 0.3) is 0 Å². The van der Waals surface area contributed by atoms with Gasteiger partial charge in [-0.1, -0.05) is 18.2 Å². The minimum Gasteiger partial charge on any atom is -0.374 e. The van der Waals surface area contributed by atoms with Gasteiger partial charge in [-0.2, -0.15) is 0 Å². The van der Waals surface area contributed by atoms with Gasteiger partial charge in [0.05, 0.1) is 30.2 Å². The Balaban J connectivity index is 1.94. The van der Waals surface area contributed by atoms with E-state index in [-0.39, 0.29) is 5.91 Å². The lowest BCUT2D eigenvalue weighted by Gasteiger charge is -2.29. The molecule has 0 fully saturated rings. The summed E-state index contributed by atoms with van der Waals surface area (Å²) < 4.78 is 0. The third-order valence-electron chi connectivity index (χ3n) is 3.19. The van der Waals surface area contributed by atoms with Crippen molar-refractivity contribution in [3.05, 3.63) is 53.9 Å². The van der Waals surface area contributed by atoms with Gasteiger partial charge in [0.2, 0.25) is 5.91 Å². The zero-order valence-corrected chi connectivity index (χ0v) is 10.8. The quantitative estimate of drug-likeness (QED) is 0.893. The van der Waals surface area contributed by atoms with Crippen molar-refractivity contribution in [3.8, 4) is 0 Å². The van der Waals surface area contributed by atoms with Crippen LogP contribution in [0.2, 0.25) is 0 Å². The van der Waals surface area contributed by atoms with Gasteiger partial charge in [0.1, 0.15) is 0 Å². The van der Waals surface area contributed by atoms with Gasteiger partial charge < -0.3 is 10.2 Å². The van der Waals surface area contributed by atoms with Crippen LogP contribution in [0.5, 0.6) is 0 Å². The smallest absolute Gasteiger partial charge is 0.246 e. The van der Waals surface area contributed by atoms with Gasteiger partial charge in [-0.25, -0.2) is 0 Å². The Kier molecular flexibility index (Phi) is 2.91. The van der Waals surface area contributed by atoms with Gasteiger partial charge in [-0.3, -0.25) is 9.78 Å². The first-order valence-electron chi connectivity index (χ1n) is 6.30. The van der Waals surface area contributed by atoms with E-state index >= 15 is 0 Å². The number of pyridine rings is 1. The summed E-state index contributed by atoms with van der Waals surface area (Å²) in [5, 5.41) is 3.13. The Bertz CT molecular complexity index is 624. The Labute approximate surface area is 112 Å². The van der Waals surface area contributed by atoms with E-state index in [0.29, 0.717) is 13.1 Å². The second kappa shape index (κ2) is 4.72. The number of nitrogens with zero attached hydrogens (tertiary/aromatic N) is 2. The average molecular weight is 253 g/mol. The first-order chi connectivity index (χ1) is 9.24. The molecule has 0 spiro atoms. The molecule has 2 aromatic rings. The van der Waals surface area contributed by atoms with Crippen molar-refractivity contribution < 1.29 is 4.79 Å². The van der Waals surface area contributed by atoms with Gasteiger partial charge >= 0.3 is 0 Å². The Hall–Kier alpha value is -2.36. The number of fused-ring (bicyclic) bond motifs is 1. The monoisotopic (exact) mass is 253 g/mol. The molecule has 0 radical (unpaired) electrons. The standard InChI is InChI=1S/C15H15N3O/c1-11-5-4-6-12(17-11)10-18-14-8-3-2-7-13(14)16-9-15(18)19/h2-8,16H,9-10H2,1H3. The SMILES string of the molecule is Cc1cccc(CN2C(=O)CNc3ccccc32)n1. The van der Waals surface area contributed by atoms with Crippen molar-refractivity contribution in [1.82, 2.24) is 4.98 Å². The number of aromatic nitrogens is 1. The number of nitrogens with one attached hydrogen (secondary N) is 1. The summed E-state index contributed by atoms with van der Waals surface area (Å²) in [4.78, 5) is 18.3. The summed E-state index contributed by atoms with van der Waals surface area (Å²) in [5.41, 5.74) is 3.79. The van der Waals surface area contributed by atoms with Crippen molar-refractivity contribution in [2.45, 2.75) is 13.5 Å². The normalized spacial score (nSPS) is 13.9. The molecule has 0 saturated carbocycles. The molecule has 2 heterocycles. The molecule has 0 atom stereocenters. The minimum absolute atomic E-state index is 0.0713. The Morgan fingerprint density at radius 2 is 2.05 bits per heavy atom. The van der Waals surface area contributed by atoms with Crippen molar-refractivity contribution in [2.24, 2.45) is 0 Å². The topological polar surface area (TPSA) is 45.2 Å². The molecule has 1 N–H and O–H groups in total. The van der Waals surface area contributed by atoms with Crippen LogP contribution in [0, 0.1) is 6.92 Å². The van der Waals surface area contributed by atoms with Gasteiger partial charge in [0.15, 0.2) is 0 Å². The molecular formula is C15H15N3O. The van der Waals surface area contributed by atoms with E-state index < -0.39 is 0 Å². The number of carbonyl (C=O) groups is 1. The third-order valence-corrected chi connectivity index (χ3v) is 3.19. The summed E-state index contributed by atoms with van der Waals surface area (Å²) in [5.74, 6) is 0.0713. The lowest BCUT2D eigenvalue weighted by molar-refractivity contribution is -0.117. The lowest BCUT2D eigenvalue weighted by atomic mass is 10.2. The zero-order valence-electron chi connectivity index (χ0n) is 10.8. The van der Waals surface area contributed by atoms with Crippen LogP contribution in [0.1, 0.15) is 11.4 Å². The van der Waals surface area contributed by atoms with E-state index in [4.69, 9.17) is 0 Å². The van der Waals surface area contributed by atoms with Crippen molar-refractivity contribution in [1.29, 1.82) is 0 Å². The molecule has 1 aliphatic heterocycles. The molecule has 0 saturated heterocycles. The van der Waals surface area contributed by atoms with Crippen LogP contribution in [0.3, 0.4) is 0 Å². The highest BCUT2D eigenvalue weighted by atomic mass is 16.2. The molecule has 4 nitrogen and oxygen atoms in total. The van der Waals surface area contributed by atoms with Gasteiger partial charge in [-0.15, -0.1) is 0 Å². The highest BCUT2D eigenvalue weighted by Gasteiger charge is 2.23. The number of amides is 1. The number of aryl methyl sites for hydroxylation is 1. The third kappa shape index (κ3) is 2.29. The number of anilines is 2. The van der Waals surface area contributed by atoms with Crippen LogP contribution in [0.4, 0.5) is 11.4 Å². The van der Waals surface area contributed by atoms with E-state index in [1.165, 1.54) is 0 Å². The summed E-state index contributed by atoms with van der Waals surface area (Å²) in [6, 6.07) is 13.7. The number of para-hydroxylation sites is 2. The number of hydrogen-bond acceptors (Lipinski definition) is 3. The van der Waals surface area contributed by atoms with Crippen LogP contribution in [-0.4, -0.2) is 17.4 Å². The maximum absolute atomic E-state index is 12.1. The summed E-state index contributed by atoms with van der Waals surface area (Å²) >= 11 is 0. The van der Waals surface area contributed by atoms with Crippen molar-refractivity contribution in [3.63, 3.8) is 0 Å². The fourth-order valence-corrected chi connectivity index (χ4v) is 2.28. The van der Waals surface area contributed by atoms with Crippen molar-refractivity contribution in [2.75, 3.05) is 16.8 Å². The van der Waals surface area contributed by atoms with E-state index in [2.05, 4.69) is 10.3 Å². The first-order valence-corrected chi connectivity index (χ1v) is 6.30. The van der Waals surface area contributed by atoms with Gasteiger partial charge in [-0.05, 0) is 31.2 Å². The zero-order chi connectivity index (χ0) is 13.2. The molecule has 3 rings (SSSR count). The summed E-state index contributed by atoms with van der Waals surface area (Å²) in [6.07, 6.45) is 0. The molecule has 1 aliphatic rings. The number of benzene rings is 1. The molecule has 0 aliphatic carbocycles. The number of hydrogen-bond donors (Lipinski definition) is 1. The second-order valence-electron chi connectivity index (χ2n) is 4.62. The van der Waals surface area contributed by atoms with E-state index in [0.717, 1.165) is 22.8 Å².